The van der Waals surface area contributed by atoms with Crippen LogP contribution in [-0.2, 0) is 11.3 Å². The highest BCUT2D eigenvalue weighted by Crippen LogP contribution is 2.28. The quantitative estimate of drug-likeness (QED) is 0.570. The summed E-state index contributed by atoms with van der Waals surface area (Å²) >= 11 is 0. The molecule has 8 heteroatoms. The van der Waals surface area contributed by atoms with E-state index in [0.29, 0.717) is 38.3 Å². The number of carbonyl (C=O) groups is 1. The van der Waals surface area contributed by atoms with Crippen molar-refractivity contribution in [3.8, 4) is 11.6 Å². The zero-order chi connectivity index (χ0) is 22.5. The third-order valence-electron chi connectivity index (χ3n) is 5.54. The molecule has 0 bridgehead atoms. The number of halogens is 2. The number of hydrogen-bond donors (Lipinski definition) is 0. The summed E-state index contributed by atoms with van der Waals surface area (Å²) in [6.07, 6.45) is 2.77. The first-order valence-electron chi connectivity index (χ1n) is 10.5. The topological polar surface area (TPSA) is 58.6 Å². The van der Waals surface area contributed by atoms with Crippen LogP contribution in [-0.4, -0.2) is 40.9 Å². The maximum absolute atomic E-state index is 13.9. The van der Waals surface area contributed by atoms with Gasteiger partial charge in [0.2, 0.25) is 11.8 Å². The minimum atomic E-state index is -0.802. The molecule has 0 radical (unpaired) electrons. The first-order valence-corrected chi connectivity index (χ1v) is 10.5. The molecule has 1 aliphatic heterocycles. The molecule has 166 valence electrons. The second-order valence-electron chi connectivity index (χ2n) is 7.83. The van der Waals surface area contributed by atoms with Gasteiger partial charge in [0.15, 0.2) is 11.6 Å². The van der Waals surface area contributed by atoms with E-state index in [2.05, 4.69) is 14.9 Å². The molecule has 2 heterocycles. The van der Waals surface area contributed by atoms with Crippen molar-refractivity contribution < 1.29 is 18.3 Å². The van der Waals surface area contributed by atoms with Crippen molar-refractivity contribution >= 4 is 11.7 Å². The summed E-state index contributed by atoms with van der Waals surface area (Å²) in [6, 6.07) is 14.6. The molecule has 2 aromatic carbocycles. The number of amides is 1. The molecule has 0 N–H and O–H groups in total. The van der Waals surface area contributed by atoms with Gasteiger partial charge in [0.05, 0.1) is 0 Å². The van der Waals surface area contributed by atoms with Crippen molar-refractivity contribution in [2.45, 2.75) is 19.4 Å². The molecule has 0 unspecified atom stereocenters. The summed E-state index contributed by atoms with van der Waals surface area (Å²) in [6.45, 7) is 1.92. The summed E-state index contributed by atoms with van der Waals surface area (Å²) in [5.41, 5.74) is 1.10. The first kappa shape index (κ1) is 21.7. The number of benzene rings is 2. The number of carbonyl (C=O) groups excluding carboxylic acids is 1. The van der Waals surface area contributed by atoms with E-state index in [4.69, 9.17) is 4.74 Å². The minimum Gasteiger partial charge on any atom is -0.436 e. The molecule has 32 heavy (non-hydrogen) atoms. The predicted octanol–water partition coefficient (Wildman–Crippen LogP) is 4.42. The van der Waals surface area contributed by atoms with Gasteiger partial charge in [-0.2, -0.15) is 0 Å². The molecule has 0 aliphatic carbocycles. The molecule has 1 aromatic heterocycles. The van der Waals surface area contributed by atoms with E-state index in [-0.39, 0.29) is 23.5 Å². The third-order valence-corrected chi connectivity index (χ3v) is 5.54. The molecule has 1 aliphatic rings. The Morgan fingerprint density at radius 3 is 2.56 bits per heavy atom. The number of hydrogen-bond acceptors (Lipinski definition) is 5. The summed E-state index contributed by atoms with van der Waals surface area (Å²) in [5.74, 6) is -0.670. The van der Waals surface area contributed by atoms with Crippen LogP contribution in [0.5, 0.6) is 11.6 Å². The Balaban J connectivity index is 1.35. The Morgan fingerprint density at radius 1 is 1.09 bits per heavy atom. The SMILES string of the molecule is CN(Cc1ccccc1)C(=O)C1CCN(c2cc(Oc3ccc(F)cc3F)ncn2)CC1. The minimum absolute atomic E-state index is 0.0363. The average molecular weight is 438 g/mol. The number of nitrogens with zero attached hydrogens (tertiary/aromatic N) is 4. The summed E-state index contributed by atoms with van der Waals surface area (Å²) in [7, 11) is 1.84. The number of rotatable bonds is 6. The van der Waals surface area contributed by atoms with Crippen molar-refractivity contribution in [2.75, 3.05) is 25.0 Å². The van der Waals surface area contributed by atoms with Gasteiger partial charge in [0, 0.05) is 44.7 Å². The first-order chi connectivity index (χ1) is 15.5. The van der Waals surface area contributed by atoms with Crippen LogP contribution in [0.15, 0.2) is 60.9 Å². The second-order valence-corrected chi connectivity index (χ2v) is 7.83. The van der Waals surface area contributed by atoms with Gasteiger partial charge in [-0.3, -0.25) is 4.79 Å². The molecule has 1 saturated heterocycles. The lowest BCUT2D eigenvalue weighted by Crippen LogP contribution is -2.41. The van der Waals surface area contributed by atoms with Crippen LogP contribution in [0.3, 0.4) is 0 Å². The number of aromatic nitrogens is 2. The van der Waals surface area contributed by atoms with Gasteiger partial charge in [-0.1, -0.05) is 30.3 Å². The van der Waals surface area contributed by atoms with Gasteiger partial charge in [0.1, 0.15) is 18.0 Å². The van der Waals surface area contributed by atoms with E-state index in [1.54, 1.807) is 11.0 Å². The Morgan fingerprint density at radius 2 is 1.84 bits per heavy atom. The normalized spacial score (nSPS) is 14.3. The highest BCUT2D eigenvalue weighted by atomic mass is 19.1. The van der Waals surface area contributed by atoms with Crippen molar-refractivity contribution in [3.05, 3.63) is 78.1 Å². The Labute approximate surface area is 185 Å². The number of ether oxygens (including phenoxy) is 1. The van der Waals surface area contributed by atoms with Gasteiger partial charge in [0.25, 0.3) is 0 Å². The van der Waals surface area contributed by atoms with Gasteiger partial charge in [-0.25, -0.2) is 18.7 Å². The smallest absolute Gasteiger partial charge is 0.225 e. The Hall–Kier alpha value is -3.55. The molecule has 6 nitrogen and oxygen atoms in total. The third kappa shape index (κ3) is 5.19. The summed E-state index contributed by atoms with van der Waals surface area (Å²) in [4.78, 5) is 25.0. The van der Waals surface area contributed by atoms with Crippen molar-refractivity contribution in [1.82, 2.24) is 14.9 Å². The van der Waals surface area contributed by atoms with E-state index >= 15 is 0 Å². The zero-order valence-electron chi connectivity index (χ0n) is 17.7. The molecule has 3 aromatic rings. The molecule has 0 saturated carbocycles. The van der Waals surface area contributed by atoms with Crippen LogP contribution >= 0.6 is 0 Å². The number of piperidine rings is 1. The molecule has 0 spiro atoms. The van der Waals surface area contributed by atoms with E-state index in [0.717, 1.165) is 17.7 Å². The lowest BCUT2D eigenvalue weighted by molar-refractivity contribution is -0.135. The van der Waals surface area contributed by atoms with Crippen molar-refractivity contribution in [1.29, 1.82) is 0 Å². The molecular weight excluding hydrogens is 414 g/mol. The van der Waals surface area contributed by atoms with Crippen LogP contribution in [0.4, 0.5) is 14.6 Å². The van der Waals surface area contributed by atoms with Crippen molar-refractivity contribution in [3.63, 3.8) is 0 Å². The fraction of sp³-hybridized carbons (Fsp3) is 0.292. The zero-order valence-corrected chi connectivity index (χ0v) is 17.7. The van der Waals surface area contributed by atoms with Gasteiger partial charge in [-0.15, -0.1) is 0 Å². The fourth-order valence-electron chi connectivity index (χ4n) is 3.83. The maximum atomic E-state index is 13.9. The predicted molar refractivity (Wildman–Crippen MR) is 116 cm³/mol. The second kappa shape index (κ2) is 9.72. The highest BCUT2D eigenvalue weighted by molar-refractivity contribution is 5.79. The van der Waals surface area contributed by atoms with Crippen LogP contribution in [0.2, 0.25) is 0 Å². The monoisotopic (exact) mass is 438 g/mol. The van der Waals surface area contributed by atoms with E-state index < -0.39 is 11.6 Å². The van der Waals surface area contributed by atoms with Gasteiger partial charge in [-0.05, 0) is 30.5 Å². The highest BCUT2D eigenvalue weighted by Gasteiger charge is 2.28. The van der Waals surface area contributed by atoms with Crippen molar-refractivity contribution in [2.24, 2.45) is 5.92 Å². The van der Waals surface area contributed by atoms with Crippen LogP contribution < -0.4 is 9.64 Å². The molecule has 1 amide bonds. The lowest BCUT2D eigenvalue weighted by Gasteiger charge is -2.33. The van der Waals surface area contributed by atoms with Gasteiger partial charge >= 0.3 is 0 Å². The summed E-state index contributed by atoms with van der Waals surface area (Å²) < 4.78 is 32.4. The standard InChI is InChI=1S/C24H24F2N4O2/c1-29(15-17-5-3-2-4-6-17)24(31)18-9-11-30(12-10-18)22-14-23(28-16-27-22)32-21-8-7-19(25)13-20(21)26/h2-8,13-14,16,18H,9-12,15H2,1H3. The Kier molecular flexibility index (Phi) is 6.58. The molecule has 1 fully saturated rings. The lowest BCUT2D eigenvalue weighted by atomic mass is 9.95. The van der Waals surface area contributed by atoms with E-state index in [1.807, 2.05) is 37.4 Å². The molecule has 0 atom stereocenters. The van der Waals surface area contributed by atoms with E-state index in [1.165, 1.54) is 12.4 Å². The maximum Gasteiger partial charge on any atom is 0.225 e. The van der Waals surface area contributed by atoms with Gasteiger partial charge < -0.3 is 14.5 Å². The average Bonchev–Trinajstić information content (AvgIpc) is 2.81. The number of anilines is 1. The molecule has 4 rings (SSSR count). The van der Waals surface area contributed by atoms with Crippen LogP contribution in [0.25, 0.3) is 0 Å². The largest absolute Gasteiger partial charge is 0.436 e. The fourth-order valence-corrected chi connectivity index (χ4v) is 3.83. The summed E-state index contributed by atoms with van der Waals surface area (Å²) in [5, 5.41) is 0. The molecular formula is C24H24F2N4O2. The Bertz CT molecular complexity index is 1070. The van der Waals surface area contributed by atoms with E-state index in [9.17, 15) is 13.6 Å². The van der Waals surface area contributed by atoms with Crippen LogP contribution in [0.1, 0.15) is 18.4 Å². The van der Waals surface area contributed by atoms with Crippen LogP contribution in [0, 0.1) is 17.6 Å².